The number of benzene rings is 1. The topological polar surface area (TPSA) is 67.2 Å². The Hall–Kier alpha value is -2.77. The van der Waals surface area contributed by atoms with E-state index in [2.05, 4.69) is 30.9 Å². The zero-order chi connectivity index (χ0) is 21.8. The summed E-state index contributed by atoms with van der Waals surface area (Å²) in [5.74, 6) is 0.497. The van der Waals surface area contributed by atoms with Gasteiger partial charge in [-0.1, -0.05) is 31.5 Å². The molecule has 0 N–H and O–H groups in total. The Labute approximate surface area is 187 Å². The van der Waals surface area contributed by atoms with E-state index < -0.39 is 0 Å². The number of aromatic nitrogens is 4. The van der Waals surface area contributed by atoms with Crippen LogP contribution in [-0.2, 0) is 6.42 Å². The maximum absolute atomic E-state index is 13.2. The number of hydrogen-bond donors (Lipinski definition) is 0. The number of piperazine rings is 1. The third-order valence-corrected chi connectivity index (χ3v) is 5.97. The van der Waals surface area contributed by atoms with Crippen LogP contribution in [0.5, 0.6) is 0 Å². The van der Waals surface area contributed by atoms with E-state index in [0.29, 0.717) is 17.9 Å². The average molecular weight is 439 g/mol. The second-order valence-electron chi connectivity index (χ2n) is 7.85. The van der Waals surface area contributed by atoms with Gasteiger partial charge in [-0.05, 0) is 30.7 Å². The van der Waals surface area contributed by atoms with Crippen LogP contribution in [0.2, 0.25) is 5.02 Å². The molecular formula is C23H27ClN6O. The molecule has 1 fully saturated rings. The Kier molecular flexibility index (Phi) is 6.63. The quantitative estimate of drug-likeness (QED) is 0.526. The van der Waals surface area contributed by atoms with Crippen LogP contribution in [0.1, 0.15) is 29.9 Å². The lowest BCUT2D eigenvalue weighted by atomic mass is 9.98. The van der Waals surface area contributed by atoms with Gasteiger partial charge in [-0.2, -0.15) is 5.10 Å². The van der Waals surface area contributed by atoms with Gasteiger partial charge >= 0.3 is 0 Å². The smallest absolute Gasteiger partial charge is 0.250 e. The van der Waals surface area contributed by atoms with Crippen LogP contribution in [0.3, 0.4) is 0 Å². The predicted octanol–water partition coefficient (Wildman–Crippen LogP) is 3.52. The number of Topliss-reactive ketones (excluding diaryl/α,β-unsaturated/α-hetero) is 1. The molecular weight excluding hydrogens is 412 g/mol. The number of carbonyl (C=O) groups is 1. The van der Waals surface area contributed by atoms with Crippen LogP contribution in [-0.4, -0.2) is 63.2 Å². The Morgan fingerprint density at radius 3 is 2.55 bits per heavy atom. The average Bonchev–Trinajstić information content (AvgIpc) is 3.23. The molecule has 1 atom stereocenters. The van der Waals surface area contributed by atoms with Crippen LogP contribution >= 0.6 is 11.6 Å². The third-order valence-electron chi connectivity index (χ3n) is 5.74. The van der Waals surface area contributed by atoms with E-state index in [-0.39, 0.29) is 11.7 Å². The summed E-state index contributed by atoms with van der Waals surface area (Å²) in [6.45, 7) is 8.44. The van der Waals surface area contributed by atoms with E-state index in [1.54, 1.807) is 29.3 Å². The van der Waals surface area contributed by atoms with Gasteiger partial charge in [-0.15, -0.1) is 0 Å². The highest BCUT2D eigenvalue weighted by Gasteiger charge is 2.26. The summed E-state index contributed by atoms with van der Waals surface area (Å²) >= 11 is 6.13. The molecule has 0 spiro atoms. The molecule has 8 heteroatoms. The fourth-order valence-electron chi connectivity index (χ4n) is 4.09. The molecule has 4 rings (SSSR count). The molecule has 0 saturated carbocycles. The number of carbonyl (C=O) groups excluding carboxylic acids is 1. The molecule has 162 valence electrons. The number of hydrogen-bond acceptors (Lipinski definition) is 6. The van der Waals surface area contributed by atoms with E-state index in [9.17, 15) is 4.79 Å². The Morgan fingerprint density at radius 2 is 1.87 bits per heavy atom. The van der Waals surface area contributed by atoms with Crippen molar-refractivity contribution in [3.63, 3.8) is 0 Å². The number of rotatable bonds is 7. The molecule has 0 amide bonds. The van der Waals surface area contributed by atoms with Gasteiger partial charge in [0.15, 0.2) is 5.78 Å². The lowest BCUT2D eigenvalue weighted by molar-refractivity contribution is 0.0890. The standard InChI is InChI=1S/C23H27ClN6O/c1-3-21-20(15-27-30(21)23-25-8-5-9-26-23)22(31)17(2)16-28-10-12-29(13-11-28)19-7-4-6-18(24)14-19/h4-9,14-15,17H,3,10-13,16H2,1-2H3. The summed E-state index contributed by atoms with van der Waals surface area (Å²) in [7, 11) is 0. The summed E-state index contributed by atoms with van der Waals surface area (Å²) < 4.78 is 1.67. The summed E-state index contributed by atoms with van der Waals surface area (Å²) in [4.78, 5) is 26.4. The van der Waals surface area contributed by atoms with Crippen molar-refractivity contribution in [1.29, 1.82) is 0 Å². The molecule has 1 aliphatic rings. The summed E-state index contributed by atoms with van der Waals surface area (Å²) in [6, 6.07) is 9.73. The molecule has 0 radical (unpaired) electrons. The van der Waals surface area contributed by atoms with Crippen molar-refractivity contribution in [2.45, 2.75) is 20.3 Å². The van der Waals surface area contributed by atoms with Crippen LogP contribution in [0.25, 0.3) is 5.95 Å². The zero-order valence-electron chi connectivity index (χ0n) is 17.9. The van der Waals surface area contributed by atoms with E-state index in [1.807, 2.05) is 32.0 Å². The first-order valence-corrected chi connectivity index (χ1v) is 11.1. The Balaban J connectivity index is 1.39. The largest absolute Gasteiger partial charge is 0.369 e. The molecule has 1 unspecified atom stereocenters. The first-order chi connectivity index (χ1) is 15.1. The zero-order valence-corrected chi connectivity index (χ0v) is 18.7. The van der Waals surface area contributed by atoms with Crippen molar-refractivity contribution in [2.75, 3.05) is 37.6 Å². The van der Waals surface area contributed by atoms with Crippen molar-refractivity contribution in [3.8, 4) is 5.95 Å². The molecule has 3 heterocycles. The molecule has 0 aliphatic carbocycles. The van der Waals surface area contributed by atoms with Crippen LogP contribution in [0.4, 0.5) is 5.69 Å². The van der Waals surface area contributed by atoms with E-state index in [0.717, 1.165) is 49.1 Å². The highest BCUT2D eigenvalue weighted by Crippen LogP contribution is 2.22. The minimum absolute atomic E-state index is 0.114. The molecule has 1 aromatic carbocycles. The fraction of sp³-hybridized carbons (Fsp3) is 0.391. The molecule has 2 aromatic heterocycles. The SMILES string of the molecule is CCc1c(C(=O)C(C)CN2CCN(c3cccc(Cl)c3)CC2)cnn1-c1ncccn1. The monoisotopic (exact) mass is 438 g/mol. The van der Waals surface area contributed by atoms with Crippen molar-refractivity contribution in [2.24, 2.45) is 5.92 Å². The van der Waals surface area contributed by atoms with Gasteiger partial charge < -0.3 is 4.90 Å². The van der Waals surface area contributed by atoms with Gasteiger partial charge in [-0.25, -0.2) is 14.6 Å². The number of nitrogens with zero attached hydrogens (tertiary/aromatic N) is 6. The molecule has 7 nitrogen and oxygen atoms in total. The van der Waals surface area contributed by atoms with Crippen LogP contribution in [0.15, 0.2) is 48.9 Å². The summed E-state index contributed by atoms with van der Waals surface area (Å²) in [5, 5.41) is 5.15. The van der Waals surface area contributed by atoms with Gasteiger partial charge in [0.1, 0.15) is 0 Å². The third kappa shape index (κ3) is 4.78. The maximum atomic E-state index is 13.2. The van der Waals surface area contributed by atoms with Crippen molar-refractivity contribution < 1.29 is 4.79 Å². The van der Waals surface area contributed by atoms with Crippen LogP contribution < -0.4 is 4.90 Å². The van der Waals surface area contributed by atoms with Crippen LogP contribution in [0, 0.1) is 5.92 Å². The van der Waals surface area contributed by atoms with Gasteiger partial charge in [0.2, 0.25) is 0 Å². The Morgan fingerprint density at radius 1 is 1.13 bits per heavy atom. The Bertz CT molecular complexity index is 1030. The summed E-state index contributed by atoms with van der Waals surface area (Å²) in [6.07, 6.45) is 5.70. The van der Waals surface area contributed by atoms with Crippen molar-refractivity contribution >= 4 is 23.1 Å². The van der Waals surface area contributed by atoms with Gasteiger partial charge in [0, 0.05) is 61.7 Å². The van der Waals surface area contributed by atoms with E-state index in [4.69, 9.17) is 11.6 Å². The minimum Gasteiger partial charge on any atom is -0.369 e. The molecule has 31 heavy (non-hydrogen) atoms. The van der Waals surface area contributed by atoms with Crippen molar-refractivity contribution in [1.82, 2.24) is 24.6 Å². The lowest BCUT2D eigenvalue weighted by Crippen LogP contribution is -2.48. The number of anilines is 1. The second-order valence-corrected chi connectivity index (χ2v) is 8.29. The van der Waals surface area contributed by atoms with E-state index >= 15 is 0 Å². The molecule has 1 aliphatic heterocycles. The minimum atomic E-state index is -0.114. The molecule has 0 bridgehead atoms. The van der Waals surface area contributed by atoms with E-state index in [1.165, 1.54) is 0 Å². The first kappa shape index (κ1) is 21.5. The lowest BCUT2D eigenvalue weighted by Gasteiger charge is -2.37. The predicted molar refractivity (Wildman–Crippen MR) is 122 cm³/mol. The maximum Gasteiger partial charge on any atom is 0.250 e. The number of ketones is 1. The fourth-order valence-corrected chi connectivity index (χ4v) is 4.27. The number of halogens is 1. The first-order valence-electron chi connectivity index (χ1n) is 10.7. The normalized spacial score (nSPS) is 15.8. The molecule has 3 aromatic rings. The molecule has 1 saturated heterocycles. The summed E-state index contributed by atoms with van der Waals surface area (Å²) in [5.41, 5.74) is 2.67. The van der Waals surface area contributed by atoms with Crippen molar-refractivity contribution in [3.05, 3.63) is 65.2 Å². The van der Waals surface area contributed by atoms with Gasteiger partial charge in [0.25, 0.3) is 5.95 Å². The second kappa shape index (κ2) is 9.58. The highest BCUT2D eigenvalue weighted by atomic mass is 35.5. The van der Waals surface area contributed by atoms with Gasteiger partial charge in [-0.3, -0.25) is 9.69 Å². The highest BCUT2D eigenvalue weighted by molar-refractivity contribution is 6.30. The van der Waals surface area contributed by atoms with Gasteiger partial charge in [0.05, 0.1) is 17.5 Å².